The lowest BCUT2D eigenvalue weighted by Crippen LogP contribution is -2.24. The predicted octanol–water partition coefficient (Wildman–Crippen LogP) is 5.23. The molecule has 1 atom stereocenters. The molecule has 0 fully saturated rings. The summed E-state index contributed by atoms with van der Waals surface area (Å²) in [6, 6.07) is 19.6. The highest BCUT2D eigenvalue weighted by atomic mass is 16.5. The Kier molecular flexibility index (Phi) is 6.54. The van der Waals surface area contributed by atoms with Crippen molar-refractivity contribution in [1.82, 2.24) is 0 Å². The first-order chi connectivity index (χ1) is 15.9. The highest BCUT2D eigenvalue weighted by Gasteiger charge is 2.19. The summed E-state index contributed by atoms with van der Waals surface area (Å²) in [6.45, 7) is 3.77. The molecule has 0 radical (unpaired) electrons. The number of carbonyl (C=O) groups excluding carboxylic acids is 2. The summed E-state index contributed by atoms with van der Waals surface area (Å²) in [5, 5.41) is 2.81. The van der Waals surface area contributed by atoms with Gasteiger partial charge < -0.3 is 13.9 Å². The molecule has 0 aliphatic heterocycles. The lowest BCUT2D eigenvalue weighted by atomic mass is 10.0. The van der Waals surface area contributed by atoms with E-state index in [1.165, 1.54) is 6.07 Å². The molecule has 168 valence electrons. The standard InChI is InChI=1S/C27H24O6/c1-17-15-25(29)33-23-13-11-19-10-12-21(16-22(19)26(17)23)31-14-6-9-24(28)32-18(2)27(30)20-7-4-3-5-8-20/h3-5,7-8,10-13,15-16,18H,6,9,14H2,1-2H3. The molecule has 4 aromatic rings. The van der Waals surface area contributed by atoms with Crippen LogP contribution >= 0.6 is 0 Å². The number of Topliss-reactive ketones (excluding diaryl/α,β-unsaturated/α-hetero) is 1. The molecule has 0 aliphatic rings. The topological polar surface area (TPSA) is 82.8 Å². The van der Waals surface area contributed by atoms with Crippen molar-refractivity contribution < 1.29 is 23.5 Å². The highest BCUT2D eigenvalue weighted by Crippen LogP contribution is 2.30. The van der Waals surface area contributed by atoms with Crippen LogP contribution in [0, 0.1) is 6.92 Å². The minimum Gasteiger partial charge on any atom is -0.494 e. The van der Waals surface area contributed by atoms with E-state index in [-0.39, 0.29) is 17.8 Å². The summed E-state index contributed by atoms with van der Waals surface area (Å²) in [5.74, 6) is -0.0122. The van der Waals surface area contributed by atoms with Crippen LogP contribution in [0.3, 0.4) is 0 Å². The molecule has 3 aromatic carbocycles. The van der Waals surface area contributed by atoms with Gasteiger partial charge in [-0.1, -0.05) is 42.5 Å². The van der Waals surface area contributed by atoms with E-state index in [1.807, 2.05) is 37.3 Å². The lowest BCUT2D eigenvalue weighted by molar-refractivity contribution is -0.146. The minimum atomic E-state index is -0.835. The SMILES string of the molecule is Cc1cc(=O)oc2ccc3ccc(OCCCC(=O)OC(C)C(=O)c4ccccc4)cc3c12. The zero-order valence-corrected chi connectivity index (χ0v) is 18.5. The third-order valence-electron chi connectivity index (χ3n) is 5.42. The largest absolute Gasteiger partial charge is 0.494 e. The first kappa shape index (κ1) is 22.3. The van der Waals surface area contributed by atoms with Crippen molar-refractivity contribution in [2.24, 2.45) is 0 Å². The highest BCUT2D eigenvalue weighted by molar-refractivity contribution is 6.07. The molecule has 0 amide bonds. The molecule has 0 spiro atoms. The van der Waals surface area contributed by atoms with Crippen molar-refractivity contribution in [1.29, 1.82) is 0 Å². The van der Waals surface area contributed by atoms with E-state index in [0.717, 1.165) is 21.7 Å². The summed E-state index contributed by atoms with van der Waals surface area (Å²) in [5.41, 5.74) is 1.51. The summed E-state index contributed by atoms with van der Waals surface area (Å²) in [7, 11) is 0. The van der Waals surface area contributed by atoms with Crippen molar-refractivity contribution in [2.45, 2.75) is 32.8 Å². The van der Waals surface area contributed by atoms with Gasteiger partial charge in [-0.2, -0.15) is 0 Å². The van der Waals surface area contributed by atoms with E-state index in [9.17, 15) is 14.4 Å². The number of hydrogen-bond donors (Lipinski definition) is 0. The summed E-state index contributed by atoms with van der Waals surface area (Å²) in [6.07, 6.45) is -0.238. The Bertz CT molecular complexity index is 1370. The molecule has 6 heteroatoms. The average molecular weight is 444 g/mol. The van der Waals surface area contributed by atoms with E-state index in [4.69, 9.17) is 13.9 Å². The van der Waals surface area contributed by atoms with Gasteiger partial charge in [0.05, 0.1) is 6.61 Å². The molecule has 0 saturated heterocycles. The van der Waals surface area contributed by atoms with Gasteiger partial charge >= 0.3 is 11.6 Å². The second-order valence-electron chi connectivity index (χ2n) is 7.88. The molecule has 0 bridgehead atoms. The Balaban J connectivity index is 1.34. The Morgan fingerprint density at radius 3 is 2.55 bits per heavy atom. The van der Waals surface area contributed by atoms with Gasteiger partial charge in [0, 0.05) is 23.4 Å². The van der Waals surface area contributed by atoms with Crippen LogP contribution in [-0.2, 0) is 9.53 Å². The first-order valence-corrected chi connectivity index (χ1v) is 10.8. The number of benzene rings is 3. The monoisotopic (exact) mass is 444 g/mol. The fourth-order valence-corrected chi connectivity index (χ4v) is 3.80. The first-order valence-electron chi connectivity index (χ1n) is 10.8. The van der Waals surface area contributed by atoms with E-state index >= 15 is 0 Å². The van der Waals surface area contributed by atoms with Crippen LogP contribution < -0.4 is 10.4 Å². The zero-order valence-electron chi connectivity index (χ0n) is 18.5. The Morgan fingerprint density at radius 1 is 1.00 bits per heavy atom. The summed E-state index contributed by atoms with van der Waals surface area (Å²) >= 11 is 0. The number of hydrogen-bond acceptors (Lipinski definition) is 6. The molecule has 1 heterocycles. The van der Waals surface area contributed by atoms with Gasteiger partial charge in [0.25, 0.3) is 0 Å². The molecule has 0 aliphatic carbocycles. The van der Waals surface area contributed by atoms with Gasteiger partial charge in [-0.3, -0.25) is 9.59 Å². The maximum Gasteiger partial charge on any atom is 0.336 e. The number of ether oxygens (including phenoxy) is 2. The Morgan fingerprint density at radius 2 is 1.76 bits per heavy atom. The molecule has 4 rings (SSSR count). The van der Waals surface area contributed by atoms with Crippen LogP contribution in [0.4, 0.5) is 0 Å². The van der Waals surface area contributed by atoms with E-state index in [2.05, 4.69) is 0 Å². The van der Waals surface area contributed by atoms with E-state index in [0.29, 0.717) is 29.9 Å². The van der Waals surface area contributed by atoms with Gasteiger partial charge in [0.2, 0.25) is 5.78 Å². The van der Waals surface area contributed by atoms with E-state index < -0.39 is 12.1 Å². The maximum atomic E-state index is 12.3. The second-order valence-corrected chi connectivity index (χ2v) is 7.88. The molecular formula is C27H24O6. The number of carbonyl (C=O) groups is 2. The van der Waals surface area contributed by atoms with Crippen molar-refractivity contribution in [3.05, 3.63) is 88.3 Å². The molecule has 1 unspecified atom stereocenters. The van der Waals surface area contributed by atoms with Gasteiger partial charge in [-0.05, 0) is 54.8 Å². The smallest absolute Gasteiger partial charge is 0.336 e. The minimum absolute atomic E-state index is 0.146. The molecule has 0 N–H and O–H groups in total. The Hall–Kier alpha value is -3.93. The number of aryl methyl sites for hydroxylation is 1. The normalized spacial score (nSPS) is 11.9. The van der Waals surface area contributed by atoms with Gasteiger partial charge in [0.1, 0.15) is 11.3 Å². The van der Waals surface area contributed by atoms with Crippen molar-refractivity contribution in [3.8, 4) is 5.75 Å². The van der Waals surface area contributed by atoms with Crippen LogP contribution in [-0.4, -0.2) is 24.5 Å². The van der Waals surface area contributed by atoms with E-state index in [1.54, 1.807) is 37.3 Å². The van der Waals surface area contributed by atoms with Gasteiger partial charge in [0.15, 0.2) is 6.10 Å². The predicted molar refractivity (Wildman–Crippen MR) is 126 cm³/mol. The molecule has 1 aromatic heterocycles. The summed E-state index contributed by atoms with van der Waals surface area (Å²) in [4.78, 5) is 36.1. The fraction of sp³-hybridized carbons (Fsp3) is 0.222. The van der Waals surface area contributed by atoms with Crippen LogP contribution in [0.25, 0.3) is 21.7 Å². The number of rotatable bonds is 8. The molecule has 6 nitrogen and oxygen atoms in total. The number of ketones is 1. The summed E-state index contributed by atoms with van der Waals surface area (Å²) < 4.78 is 16.4. The number of fused-ring (bicyclic) bond motifs is 3. The van der Waals surface area contributed by atoms with Crippen molar-refractivity contribution in [2.75, 3.05) is 6.61 Å². The third-order valence-corrected chi connectivity index (χ3v) is 5.42. The Labute approximate surface area is 190 Å². The molecule has 33 heavy (non-hydrogen) atoms. The molecular weight excluding hydrogens is 420 g/mol. The third kappa shape index (κ3) is 5.12. The number of esters is 1. The fourth-order valence-electron chi connectivity index (χ4n) is 3.80. The van der Waals surface area contributed by atoms with Crippen molar-refractivity contribution in [3.63, 3.8) is 0 Å². The van der Waals surface area contributed by atoms with Crippen LogP contribution in [0.15, 0.2) is 75.9 Å². The maximum absolute atomic E-state index is 12.3. The van der Waals surface area contributed by atoms with Gasteiger partial charge in [-0.15, -0.1) is 0 Å². The van der Waals surface area contributed by atoms with Crippen molar-refractivity contribution >= 4 is 33.5 Å². The van der Waals surface area contributed by atoms with Gasteiger partial charge in [-0.25, -0.2) is 4.79 Å². The second kappa shape index (κ2) is 9.69. The van der Waals surface area contributed by atoms with Crippen LogP contribution in [0.5, 0.6) is 5.75 Å². The average Bonchev–Trinajstić information content (AvgIpc) is 2.81. The molecule has 0 saturated carbocycles. The van der Waals surface area contributed by atoms with Crippen LogP contribution in [0.1, 0.15) is 35.7 Å². The quantitative estimate of drug-likeness (QED) is 0.122. The van der Waals surface area contributed by atoms with Crippen LogP contribution in [0.2, 0.25) is 0 Å². The zero-order chi connectivity index (χ0) is 23.4. The lowest BCUT2D eigenvalue weighted by Gasteiger charge is -2.13.